The highest BCUT2D eigenvalue weighted by Gasteiger charge is 2.31. The average Bonchev–Trinajstić information content (AvgIpc) is 3.19. The van der Waals surface area contributed by atoms with Crippen LogP contribution in [0.15, 0.2) is 21.6 Å². The van der Waals surface area contributed by atoms with Crippen molar-refractivity contribution in [3.63, 3.8) is 0 Å². The van der Waals surface area contributed by atoms with Crippen LogP contribution in [0.25, 0.3) is 0 Å². The molecule has 1 amide bonds. The topological polar surface area (TPSA) is 95.8 Å². The maximum Gasteiger partial charge on any atom is 0.246 e. The van der Waals surface area contributed by atoms with E-state index in [9.17, 15) is 13.2 Å². The van der Waals surface area contributed by atoms with E-state index >= 15 is 0 Å². The maximum atomic E-state index is 12.7. The number of carbonyl (C=O) groups excluding carboxylic acids is 1. The Bertz CT molecular complexity index is 929. The molecule has 11 heteroatoms. The SMILES string of the molecule is Cc1noc(C)c1S(=O)(=O)N[C@@H](C)C(=O)N1CCN(Cc2ccc(Cl)s2)CC1. The summed E-state index contributed by atoms with van der Waals surface area (Å²) in [4.78, 5) is 17.8. The number of carbonyl (C=O) groups is 1. The van der Waals surface area contributed by atoms with Gasteiger partial charge in [-0.15, -0.1) is 11.3 Å². The van der Waals surface area contributed by atoms with E-state index in [-0.39, 0.29) is 22.3 Å². The largest absolute Gasteiger partial charge is 0.360 e. The van der Waals surface area contributed by atoms with Crippen molar-refractivity contribution in [3.8, 4) is 0 Å². The van der Waals surface area contributed by atoms with Crippen molar-refractivity contribution in [2.24, 2.45) is 0 Å². The third kappa shape index (κ3) is 4.74. The monoisotopic (exact) mass is 446 g/mol. The fourth-order valence-corrected chi connectivity index (χ4v) is 5.91. The number of halogens is 1. The minimum absolute atomic E-state index is 0.00780. The number of hydrogen-bond donors (Lipinski definition) is 1. The highest BCUT2D eigenvalue weighted by Crippen LogP contribution is 2.23. The summed E-state index contributed by atoms with van der Waals surface area (Å²) in [6, 6.07) is 3.02. The summed E-state index contributed by atoms with van der Waals surface area (Å²) in [5, 5.41) is 3.67. The molecule has 3 rings (SSSR count). The predicted molar refractivity (Wildman–Crippen MR) is 107 cm³/mol. The van der Waals surface area contributed by atoms with Gasteiger partial charge in [-0.3, -0.25) is 9.69 Å². The van der Waals surface area contributed by atoms with E-state index in [1.54, 1.807) is 30.1 Å². The van der Waals surface area contributed by atoms with Gasteiger partial charge in [-0.1, -0.05) is 16.8 Å². The molecule has 0 saturated carbocycles. The van der Waals surface area contributed by atoms with Crippen molar-refractivity contribution >= 4 is 38.9 Å². The zero-order chi connectivity index (χ0) is 20.5. The fraction of sp³-hybridized carbons (Fsp3) is 0.529. The number of aryl methyl sites for hydroxylation is 2. The predicted octanol–water partition coefficient (Wildman–Crippen LogP) is 2.02. The molecule has 2 aromatic rings. The van der Waals surface area contributed by atoms with Crippen LogP contribution in [0.1, 0.15) is 23.3 Å². The van der Waals surface area contributed by atoms with E-state index in [1.165, 1.54) is 11.8 Å². The molecule has 154 valence electrons. The molecule has 1 aliphatic heterocycles. The van der Waals surface area contributed by atoms with Crippen molar-refractivity contribution in [1.29, 1.82) is 0 Å². The lowest BCUT2D eigenvalue weighted by atomic mass is 10.2. The first kappa shape index (κ1) is 21.3. The quantitative estimate of drug-likeness (QED) is 0.729. The molecule has 1 N–H and O–H groups in total. The van der Waals surface area contributed by atoms with E-state index in [1.807, 2.05) is 12.1 Å². The van der Waals surface area contributed by atoms with Crippen molar-refractivity contribution in [3.05, 3.63) is 32.8 Å². The van der Waals surface area contributed by atoms with Gasteiger partial charge < -0.3 is 9.42 Å². The number of hydrogen-bond acceptors (Lipinski definition) is 7. The van der Waals surface area contributed by atoms with Crippen LogP contribution in [0, 0.1) is 13.8 Å². The maximum absolute atomic E-state index is 12.7. The van der Waals surface area contributed by atoms with Gasteiger partial charge in [0.15, 0.2) is 5.76 Å². The second-order valence-electron chi connectivity index (χ2n) is 6.80. The second kappa shape index (κ2) is 8.50. The number of sulfonamides is 1. The lowest BCUT2D eigenvalue weighted by Gasteiger charge is -2.35. The Morgan fingerprint density at radius 3 is 2.54 bits per heavy atom. The molecular formula is C17H23ClN4O4S2. The molecule has 0 unspecified atom stereocenters. The first-order chi connectivity index (χ1) is 13.2. The molecule has 0 bridgehead atoms. The van der Waals surface area contributed by atoms with Crippen LogP contribution in [-0.2, 0) is 21.4 Å². The fourth-order valence-electron chi connectivity index (χ4n) is 3.26. The van der Waals surface area contributed by atoms with E-state index in [0.717, 1.165) is 24.0 Å². The van der Waals surface area contributed by atoms with E-state index in [4.69, 9.17) is 16.1 Å². The summed E-state index contributed by atoms with van der Waals surface area (Å²) < 4.78 is 33.3. The Kier molecular flexibility index (Phi) is 6.45. The minimum Gasteiger partial charge on any atom is -0.360 e. The molecule has 2 aromatic heterocycles. The van der Waals surface area contributed by atoms with Crippen molar-refractivity contribution in [2.45, 2.75) is 38.3 Å². The Morgan fingerprint density at radius 2 is 2.00 bits per heavy atom. The summed E-state index contributed by atoms with van der Waals surface area (Å²) in [6.45, 7) is 7.99. The van der Waals surface area contributed by atoms with Crippen LogP contribution in [0.3, 0.4) is 0 Å². The summed E-state index contributed by atoms with van der Waals surface area (Å²) >= 11 is 7.52. The van der Waals surface area contributed by atoms with Gasteiger partial charge in [0.05, 0.1) is 10.4 Å². The molecule has 1 saturated heterocycles. The molecule has 0 aromatic carbocycles. The normalized spacial score (nSPS) is 17.1. The van der Waals surface area contributed by atoms with E-state index < -0.39 is 16.1 Å². The first-order valence-electron chi connectivity index (χ1n) is 8.88. The molecule has 0 aliphatic carbocycles. The molecule has 8 nitrogen and oxygen atoms in total. The Labute approximate surface area is 173 Å². The van der Waals surface area contributed by atoms with Crippen LogP contribution in [-0.4, -0.2) is 61.5 Å². The number of aromatic nitrogens is 1. The summed E-state index contributed by atoms with van der Waals surface area (Å²) in [7, 11) is -3.89. The zero-order valence-electron chi connectivity index (χ0n) is 15.9. The van der Waals surface area contributed by atoms with Gasteiger partial charge >= 0.3 is 0 Å². The summed E-state index contributed by atoms with van der Waals surface area (Å²) in [6.07, 6.45) is 0. The van der Waals surface area contributed by atoms with E-state index in [0.29, 0.717) is 13.1 Å². The number of nitrogens with zero attached hydrogens (tertiary/aromatic N) is 3. The van der Waals surface area contributed by atoms with Crippen LogP contribution >= 0.6 is 22.9 Å². The summed E-state index contributed by atoms with van der Waals surface area (Å²) in [5.74, 6) is -0.0407. The molecule has 1 atom stereocenters. The standard InChI is InChI=1S/C17H23ClN4O4S2/c1-11-16(13(3)26-19-11)28(24,25)20-12(2)17(23)22-8-6-21(7-9-22)10-14-4-5-15(18)27-14/h4-5,12,20H,6-10H2,1-3H3/t12-/m0/s1. The third-order valence-corrected chi connectivity index (χ3v) is 7.63. The van der Waals surface area contributed by atoms with Gasteiger partial charge in [0.25, 0.3) is 0 Å². The van der Waals surface area contributed by atoms with Crippen LogP contribution in [0.2, 0.25) is 4.34 Å². The number of thiophene rings is 1. The lowest BCUT2D eigenvalue weighted by molar-refractivity contribution is -0.134. The van der Waals surface area contributed by atoms with Gasteiger partial charge in [-0.25, -0.2) is 8.42 Å². The van der Waals surface area contributed by atoms with Gasteiger partial charge in [0.1, 0.15) is 10.6 Å². The highest BCUT2D eigenvalue weighted by molar-refractivity contribution is 7.89. The Hall–Kier alpha value is -1.46. The van der Waals surface area contributed by atoms with Gasteiger partial charge in [-0.05, 0) is 32.9 Å². The lowest BCUT2D eigenvalue weighted by Crippen LogP contribution is -2.53. The van der Waals surface area contributed by atoms with Gasteiger partial charge in [0.2, 0.25) is 15.9 Å². The van der Waals surface area contributed by atoms with Crippen molar-refractivity contribution in [2.75, 3.05) is 26.2 Å². The van der Waals surface area contributed by atoms with Crippen molar-refractivity contribution < 1.29 is 17.7 Å². The van der Waals surface area contributed by atoms with Crippen LogP contribution in [0.5, 0.6) is 0 Å². The molecular weight excluding hydrogens is 424 g/mol. The molecule has 28 heavy (non-hydrogen) atoms. The molecule has 3 heterocycles. The molecule has 0 radical (unpaired) electrons. The first-order valence-corrected chi connectivity index (χ1v) is 11.6. The van der Waals surface area contributed by atoms with Crippen molar-refractivity contribution in [1.82, 2.24) is 19.7 Å². The van der Waals surface area contributed by atoms with Crippen LogP contribution < -0.4 is 4.72 Å². The Balaban J connectivity index is 1.56. The molecule has 1 aliphatic rings. The molecule has 1 fully saturated rings. The molecule has 0 spiro atoms. The average molecular weight is 447 g/mol. The minimum atomic E-state index is -3.89. The smallest absolute Gasteiger partial charge is 0.246 e. The third-order valence-electron chi connectivity index (χ3n) is 4.63. The van der Waals surface area contributed by atoms with Crippen LogP contribution in [0.4, 0.5) is 0 Å². The van der Waals surface area contributed by atoms with Gasteiger partial charge in [-0.2, -0.15) is 4.72 Å². The summed E-state index contributed by atoms with van der Waals surface area (Å²) in [5.41, 5.74) is 0.270. The number of rotatable bonds is 6. The Morgan fingerprint density at radius 1 is 1.32 bits per heavy atom. The van der Waals surface area contributed by atoms with Gasteiger partial charge in [0, 0.05) is 37.6 Å². The highest BCUT2D eigenvalue weighted by atomic mass is 35.5. The number of amides is 1. The zero-order valence-corrected chi connectivity index (χ0v) is 18.3. The number of piperazine rings is 1. The second-order valence-corrected chi connectivity index (χ2v) is 10.3. The van der Waals surface area contributed by atoms with E-state index in [2.05, 4.69) is 14.8 Å². The number of nitrogens with one attached hydrogen (secondary N) is 1.